The average Bonchev–Trinajstić information content (AvgIpc) is 2.82. The van der Waals surface area contributed by atoms with Gasteiger partial charge >= 0.3 is 0 Å². The van der Waals surface area contributed by atoms with Gasteiger partial charge in [0.1, 0.15) is 0 Å². The van der Waals surface area contributed by atoms with Crippen LogP contribution in [0.25, 0.3) is 10.9 Å². The topological polar surface area (TPSA) is 24.9 Å². The van der Waals surface area contributed by atoms with E-state index in [0.717, 1.165) is 18.6 Å². The van der Waals surface area contributed by atoms with Crippen molar-refractivity contribution in [2.75, 3.05) is 13.1 Å². The molecule has 76 valence electrons. The Labute approximate surface area is 89.3 Å². The van der Waals surface area contributed by atoms with Crippen LogP contribution in [-0.4, -0.2) is 18.1 Å². The van der Waals surface area contributed by atoms with Gasteiger partial charge in [-0.1, -0.05) is 18.2 Å². The fourth-order valence-electron chi connectivity index (χ4n) is 2.28. The maximum atomic E-state index is 4.39. The Morgan fingerprint density at radius 1 is 1.27 bits per heavy atom. The van der Waals surface area contributed by atoms with Gasteiger partial charge in [0, 0.05) is 18.1 Å². The fraction of sp³-hybridized carbons (Fsp3) is 0.308. The normalized spacial score (nSPS) is 20.9. The van der Waals surface area contributed by atoms with Crippen LogP contribution in [-0.2, 0) is 0 Å². The molecule has 0 radical (unpaired) electrons. The van der Waals surface area contributed by atoms with Crippen molar-refractivity contribution in [3.63, 3.8) is 0 Å². The summed E-state index contributed by atoms with van der Waals surface area (Å²) in [6.07, 6.45) is 3.11. The summed E-state index contributed by atoms with van der Waals surface area (Å²) in [5.41, 5.74) is 2.54. The van der Waals surface area contributed by atoms with Gasteiger partial charge in [0.15, 0.2) is 0 Å². The second-order valence-corrected chi connectivity index (χ2v) is 4.15. The summed E-state index contributed by atoms with van der Waals surface area (Å²) < 4.78 is 0. The van der Waals surface area contributed by atoms with E-state index in [0.29, 0.717) is 5.92 Å². The summed E-state index contributed by atoms with van der Waals surface area (Å²) in [4.78, 5) is 4.39. The third-order valence-electron chi connectivity index (χ3n) is 3.16. The lowest BCUT2D eigenvalue weighted by Gasteiger charge is -2.09. The molecule has 1 fully saturated rings. The smallest absolute Gasteiger partial charge is 0.0704 e. The highest BCUT2D eigenvalue weighted by atomic mass is 14.9. The zero-order chi connectivity index (χ0) is 10.1. The van der Waals surface area contributed by atoms with Gasteiger partial charge in [0.2, 0.25) is 0 Å². The van der Waals surface area contributed by atoms with Crippen LogP contribution in [0.15, 0.2) is 36.5 Å². The molecule has 1 aliphatic heterocycles. The summed E-state index contributed by atoms with van der Waals surface area (Å²) in [7, 11) is 0. The van der Waals surface area contributed by atoms with Gasteiger partial charge in [-0.05, 0) is 36.6 Å². The van der Waals surface area contributed by atoms with Crippen LogP contribution in [0.1, 0.15) is 17.9 Å². The SMILES string of the molecule is c1cnc2cc(C3CCNC3)ccc2c1. The average molecular weight is 198 g/mol. The number of nitrogens with zero attached hydrogens (tertiary/aromatic N) is 1. The molecule has 0 bridgehead atoms. The number of hydrogen-bond donors (Lipinski definition) is 1. The van der Waals surface area contributed by atoms with E-state index in [-0.39, 0.29) is 0 Å². The molecule has 0 amide bonds. The molecule has 1 aromatic heterocycles. The van der Waals surface area contributed by atoms with E-state index in [1.165, 1.54) is 17.4 Å². The molecule has 1 unspecified atom stereocenters. The molecule has 2 heteroatoms. The molecule has 1 saturated heterocycles. The molecule has 1 aliphatic rings. The molecule has 1 N–H and O–H groups in total. The van der Waals surface area contributed by atoms with Crippen LogP contribution < -0.4 is 5.32 Å². The second kappa shape index (κ2) is 3.63. The maximum Gasteiger partial charge on any atom is 0.0704 e. The number of fused-ring (bicyclic) bond motifs is 1. The van der Waals surface area contributed by atoms with E-state index in [9.17, 15) is 0 Å². The number of benzene rings is 1. The fourth-order valence-corrected chi connectivity index (χ4v) is 2.28. The molecule has 1 atom stereocenters. The van der Waals surface area contributed by atoms with Crippen LogP contribution in [0.2, 0.25) is 0 Å². The summed E-state index contributed by atoms with van der Waals surface area (Å²) in [5, 5.41) is 4.63. The van der Waals surface area contributed by atoms with Crippen molar-refractivity contribution in [1.29, 1.82) is 0 Å². The van der Waals surface area contributed by atoms with Gasteiger partial charge in [-0.25, -0.2) is 0 Å². The number of aromatic nitrogens is 1. The van der Waals surface area contributed by atoms with E-state index >= 15 is 0 Å². The van der Waals surface area contributed by atoms with Crippen LogP contribution in [0, 0.1) is 0 Å². The first-order valence-corrected chi connectivity index (χ1v) is 5.49. The predicted octanol–water partition coefficient (Wildman–Crippen LogP) is 2.31. The monoisotopic (exact) mass is 198 g/mol. The van der Waals surface area contributed by atoms with Crippen molar-refractivity contribution in [2.45, 2.75) is 12.3 Å². The molecule has 15 heavy (non-hydrogen) atoms. The second-order valence-electron chi connectivity index (χ2n) is 4.15. The van der Waals surface area contributed by atoms with Crippen LogP contribution in [0.3, 0.4) is 0 Å². The van der Waals surface area contributed by atoms with Crippen molar-refractivity contribution in [2.24, 2.45) is 0 Å². The third-order valence-corrected chi connectivity index (χ3v) is 3.16. The van der Waals surface area contributed by atoms with Gasteiger partial charge in [0.25, 0.3) is 0 Å². The Morgan fingerprint density at radius 2 is 2.27 bits per heavy atom. The summed E-state index contributed by atoms with van der Waals surface area (Å²) in [6.45, 7) is 2.25. The molecule has 1 aromatic carbocycles. The zero-order valence-corrected chi connectivity index (χ0v) is 8.61. The summed E-state index contributed by atoms with van der Waals surface area (Å²) >= 11 is 0. The molecular weight excluding hydrogens is 184 g/mol. The Hall–Kier alpha value is -1.41. The maximum absolute atomic E-state index is 4.39. The molecule has 0 spiro atoms. The Morgan fingerprint density at radius 3 is 3.13 bits per heavy atom. The van der Waals surface area contributed by atoms with Gasteiger partial charge in [-0.15, -0.1) is 0 Å². The summed E-state index contributed by atoms with van der Waals surface area (Å²) in [5.74, 6) is 0.677. The van der Waals surface area contributed by atoms with E-state index in [1.807, 2.05) is 12.3 Å². The predicted molar refractivity (Wildman–Crippen MR) is 62.0 cm³/mol. The lowest BCUT2D eigenvalue weighted by molar-refractivity contribution is 0.764. The highest BCUT2D eigenvalue weighted by molar-refractivity contribution is 5.79. The molecule has 2 aromatic rings. The van der Waals surface area contributed by atoms with Crippen LogP contribution in [0.5, 0.6) is 0 Å². The lowest BCUT2D eigenvalue weighted by Crippen LogP contribution is -2.07. The van der Waals surface area contributed by atoms with Crippen LogP contribution in [0.4, 0.5) is 0 Å². The molecule has 0 saturated carbocycles. The van der Waals surface area contributed by atoms with Crippen molar-refractivity contribution in [3.8, 4) is 0 Å². The first-order chi connectivity index (χ1) is 7.43. The molecule has 2 heterocycles. The van der Waals surface area contributed by atoms with Crippen molar-refractivity contribution in [1.82, 2.24) is 10.3 Å². The first kappa shape index (κ1) is 8.86. The molecular formula is C13H14N2. The first-order valence-electron chi connectivity index (χ1n) is 5.49. The largest absolute Gasteiger partial charge is 0.316 e. The zero-order valence-electron chi connectivity index (χ0n) is 8.61. The summed E-state index contributed by atoms with van der Waals surface area (Å²) in [6, 6.07) is 10.7. The standard InChI is InChI=1S/C13H14N2/c1-2-10-3-4-11(8-13(10)15-6-1)12-5-7-14-9-12/h1-4,6,8,12,14H,5,7,9H2. The highest BCUT2D eigenvalue weighted by Crippen LogP contribution is 2.24. The van der Waals surface area contributed by atoms with Crippen LogP contribution >= 0.6 is 0 Å². The van der Waals surface area contributed by atoms with E-state index in [1.54, 1.807) is 0 Å². The minimum absolute atomic E-state index is 0.677. The number of pyridine rings is 1. The van der Waals surface area contributed by atoms with Gasteiger partial charge < -0.3 is 5.32 Å². The van der Waals surface area contributed by atoms with Crippen molar-refractivity contribution >= 4 is 10.9 Å². The number of hydrogen-bond acceptors (Lipinski definition) is 2. The lowest BCUT2D eigenvalue weighted by atomic mass is 9.97. The van der Waals surface area contributed by atoms with Gasteiger partial charge in [-0.2, -0.15) is 0 Å². The third kappa shape index (κ3) is 1.61. The number of rotatable bonds is 1. The van der Waals surface area contributed by atoms with Crippen molar-refractivity contribution in [3.05, 3.63) is 42.1 Å². The molecule has 2 nitrogen and oxygen atoms in total. The number of nitrogens with one attached hydrogen (secondary N) is 1. The van der Waals surface area contributed by atoms with E-state index in [2.05, 4.69) is 34.6 Å². The minimum atomic E-state index is 0.677. The quantitative estimate of drug-likeness (QED) is 0.760. The van der Waals surface area contributed by atoms with E-state index in [4.69, 9.17) is 0 Å². The molecule has 3 rings (SSSR count). The van der Waals surface area contributed by atoms with Crippen molar-refractivity contribution < 1.29 is 0 Å². The van der Waals surface area contributed by atoms with Gasteiger partial charge in [0.05, 0.1) is 5.52 Å². The Bertz CT molecular complexity index is 473. The highest BCUT2D eigenvalue weighted by Gasteiger charge is 2.16. The Balaban J connectivity index is 2.05. The molecule has 0 aliphatic carbocycles. The Kier molecular flexibility index (Phi) is 2.14. The van der Waals surface area contributed by atoms with Gasteiger partial charge in [-0.3, -0.25) is 4.98 Å². The van der Waals surface area contributed by atoms with E-state index < -0.39 is 0 Å². The minimum Gasteiger partial charge on any atom is -0.316 e.